The van der Waals surface area contributed by atoms with E-state index in [4.69, 9.17) is 9.47 Å². The van der Waals surface area contributed by atoms with Gasteiger partial charge in [-0.3, -0.25) is 4.79 Å². The zero-order valence-electron chi connectivity index (χ0n) is 18.0. The maximum Gasteiger partial charge on any atom is 0.416 e. The Morgan fingerprint density at radius 2 is 1.61 bits per heavy atom. The molecular formula is C24H21BrF3NO4. The smallest absolute Gasteiger partial charge is 0.416 e. The molecule has 3 aromatic rings. The van der Waals surface area contributed by atoms with Gasteiger partial charge in [0.05, 0.1) is 18.2 Å². The number of benzene rings is 3. The lowest BCUT2D eigenvalue weighted by Gasteiger charge is -2.24. The summed E-state index contributed by atoms with van der Waals surface area (Å²) < 4.78 is 49.8. The monoisotopic (exact) mass is 523 g/mol. The summed E-state index contributed by atoms with van der Waals surface area (Å²) in [4.78, 5) is 25.1. The third-order valence-corrected chi connectivity index (χ3v) is 5.63. The molecular weight excluding hydrogens is 503 g/mol. The Kier molecular flexibility index (Phi) is 7.02. The third kappa shape index (κ3) is 5.47. The van der Waals surface area contributed by atoms with Crippen molar-refractivity contribution < 1.29 is 32.2 Å². The Labute approximate surface area is 197 Å². The lowest BCUT2D eigenvalue weighted by molar-refractivity contribution is -0.146. The number of fused-ring (bicyclic) bond motifs is 1. The van der Waals surface area contributed by atoms with E-state index in [1.165, 1.54) is 33.1 Å². The lowest BCUT2D eigenvalue weighted by atomic mass is 10.0. The summed E-state index contributed by atoms with van der Waals surface area (Å²) in [5.74, 6) is -0.950. The highest BCUT2D eigenvalue weighted by Gasteiger charge is 2.32. The van der Waals surface area contributed by atoms with Crippen LogP contribution < -0.4 is 10.1 Å². The van der Waals surface area contributed by atoms with Crippen LogP contribution in [0.5, 0.6) is 5.75 Å². The summed E-state index contributed by atoms with van der Waals surface area (Å²) in [7, 11) is 1.22. The van der Waals surface area contributed by atoms with E-state index in [0.29, 0.717) is 15.4 Å². The average Bonchev–Trinajstić information content (AvgIpc) is 2.77. The van der Waals surface area contributed by atoms with Crippen LogP contribution in [0.3, 0.4) is 0 Å². The van der Waals surface area contributed by atoms with Crippen LogP contribution >= 0.6 is 15.9 Å². The van der Waals surface area contributed by atoms with Crippen LogP contribution in [0.15, 0.2) is 59.1 Å². The molecule has 174 valence electrons. The molecule has 5 nitrogen and oxygen atoms in total. The first kappa shape index (κ1) is 24.6. The number of alkyl halides is 3. The Bertz CT molecular complexity index is 1190. The zero-order valence-corrected chi connectivity index (χ0v) is 19.6. The Balaban J connectivity index is 1.98. The van der Waals surface area contributed by atoms with Gasteiger partial charge in [-0.1, -0.05) is 52.3 Å². The number of amides is 1. The van der Waals surface area contributed by atoms with Gasteiger partial charge in [0, 0.05) is 9.86 Å². The molecule has 9 heteroatoms. The Morgan fingerprint density at radius 1 is 1.00 bits per heavy atom. The van der Waals surface area contributed by atoms with Crippen LogP contribution in [-0.4, -0.2) is 24.5 Å². The van der Waals surface area contributed by atoms with Gasteiger partial charge in [-0.2, -0.15) is 13.2 Å². The van der Waals surface area contributed by atoms with Crippen molar-refractivity contribution in [3.63, 3.8) is 0 Å². The number of nitrogens with one attached hydrogen (secondary N) is 1. The number of hydrogen-bond acceptors (Lipinski definition) is 4. The summed E-state index contributed by atoms with van der Waals surface area (Å²) in [5.41, 5.74) is -1.40. The van der Waals surface area contributed by atoms with Gasteiger partial charge in [0.25, 0.3) is 5.91 Å². The summed E-state index contributed by atoms with van der Waals surface area (Å²) in [6, 6.07) is 13.4. The molecule has 0 fully saturated rings. The summed E-state index contributed by atoms with van der Waals surface area (Å²) in [5, 5.41) is 4.04. The molecule has 0 aliphatic carbocycles. The van der Waals surface area contributed by atoms with Gasteiger partial charge in [0.2, 0.25) is 0 Å². The van der Waals surface area contributed by atoms with E-state index in [2.05, 4.69) is 21.2 Å². The molecule has 0 spiro atoms. The van der Waals surface area contributed by atoms with Crippen molar-refractivity contribution in [2.24, 2.45) is 0 Å². The molecule has 0 aliphatic rings. The van der Waals surface area contributed by atoms with E-state index in [-0.39, 0.29) is 17.9 Å². The van der Waals surface area contributed by atoms with Crippen LogP contribution in [0.4, 0.5) is 13.2 Å². The second-order valence-electron chi connectivity index (χ2n) is 7.83. The van der Waals surface area contributed by atoms with Crippen LogP contribution in [0.2, 0.25) is 0 Å². The minimum absolute atomic E-state index is 0.0650. The van der Waals surface area contributed by atoms with E-state index in [9.17, 15) is 22.8 Å². The maximum absolute atomic E-state index is 13.1. The minimum atomic E-state index is -4.43. The fourth-order valence-electron chi connectivity index (χ4n) is 3.23. The summed E-state index contributed by atoms with van der Waals surface area (Å²) >= 11 is 3.46. The van der Waals surface area contributed by atoms with E-state index in [0.717, 1.165) is 17.5 Å². The fraction of sp³-hybridized carbons (Fsp3) is 0.250. The maximum atomic E-state index is 13.1. The Hall–Kier alpha value is -3.07. The van der Waals surface area contributed by atoms with Gasteiger partial charge < -0.3 is 14.8 Å². The van der Waals surface area contributed by atoms with Crippen molar-refractivity contribution in [1.29, 1.82) is 0 Å². The molecule has 0 bridgehead atoms. The third-order valence-electron chi connectivity index (χ3n) is 4.98. The number of hydrogen-bond donors (Lipinski definition) is 1. The van der Waals surface area contributed by atoms with Gasteiger partial charge >= 0.3 is 12.1 Å². The number of rotatable bonds is 6. The van der Waals surface area contributed by atoms with Crippen LogP contribution in [0, 0.1) is 0 Å². The number of esters is 1. The van der Waals surface area contributed by atoms with Gasteiger partial charge in [0.1, 0.15) is 17.9 Å². The number of carbonyl (C=O) groups excluding carboxylic acids is 2. The molecule has 0 saturated carbocycles. The van der Waals surface area contributed by atoms with Crippen molar-refractivity contribution in [3.8, 4) is 5.75 Å². The summed E-state index contributed by atoms with van der Waals surface area (Å²) in [6.07, 6.45) is -4.43. The standard InChI is InChI=1S/C24H21BrF3NO4/c1-23(2,22(31)32-3)29-21(30)18-12-19(25)16-6-4-5-7-17(16)20(18)33-13-14-8-10-15(11-9-14)24(26,27)28/h4-12H,13H2,1-3H3,(H,29,30). The number of ether oxygens (including phenoxy) is 2. The molecule has 1 amide bonds. The van der Waals surface area contributed by atoms with Crippen molar-refractivity contribution in [2.45, 2.75) is 32.2 Å². The Morgan fingerprint density at radius 3 is 2.18 bits per heavy atom. The first-order valence-corrected chi connectivity index (χ1v) is 10.6. The van der Waals surface area contributed by atoms with Gasteiger partial charge in [0.15, 0.2) is 0 Å². The SMILES string of the molecule is COC(=O)C(C)(C)NC(=O)c1cc(Br)c2ccccc2c1OCc1ccc(C(F)(F)F)cc1. The second-order valence-corrected chi connectivity index (χ2v) is 8.69. The highest BCUT2D eigenvalue weighted by atomic mass is 79.9. The van der Waals surface area contributed by atoms with Gasteiger partial charge in [-0.15, -0.1) is 0 Å². The van der Waals surface area contributed by atoms with Crippen molar-refractivity contribution in [2.75, 3.05) is 7.11 Å². The summed E-state index contributed by atoms with van der Waals surface area (Å²) in [6.45, 7) is 2.95. The van der Waals surface area contributed by atoms with Crippen LogP contribution in [0.1, 0.15) is 35.3 Å². The van der Waals surface area contributed by atoms with Crippen LogP contribution in [0.25, 0.3) is 10.8 Å². The molecule has 0 saturated heterocycles. The quantitative estimate of drug-likeness (QED) is 0.409. The fourth-order valence-corrected chi connectivity index (χ4v) is 3.81. The van der Waals surface area contributed by atoms with Crippen molar-refractivity contribution in [3.05, 3.63) is 75.8 Å². The predicted molar refractivity (Wildman–Crippen MR) is 121 cm³/mol. The number of carbonyl (C=O) groups is 2. The van der Waals surface area contributed by atoms with Crippen molar-refractivity contribution in [1.82, 2.24) is 5.32 Å². The largest absolute Gasteiger partial charge is 0.487 e. The topological polar surface area (TPSA) is 64.6 Å². The molecule has 3 aromatic carbocycles. The molecule has 0 radical (unpaired) electrons. The number of methoxy groups -OCH3 is 1. The zero-order chi connectivity index (χ0) is 24.4. The van der Waals surface area contributed by atoms with Gasteiger partial charge in [-0.25, -0.2) is 4.79 Å². The second kappa shape index (κ2) is 9.43. The molecule has 0 aromatic heterocycles. The molecule has 33 heavy (non-hydrogen) atoms. The number of halogens is 4. The predicted octanol–water partition coefficient (Wildman–Crippen LogP) is 5.88. The molecule has 0 heterocycles. The normalized spacial score (nSPS) is 11.8. The van der Waals surface area contributed by atoms with E-state index >= 15 is 0 Å². The first-order valence-electron chi connectivity index (χ1n) is 9.85. The van der Waals surface area contributed by atoms with Crippen molar-refractivity contribution >= 4 is 38.6 Å². The van der Waals surface area contributed by atoms with E-state index in [1.54, 1.807) is 18.2 Å². The highest BCUT2D eigenvalue weighted by molar-refractivity contribution is 9.10. The van der Waals surface area contributed by atoms with Crippen LogP contribution in [-0.2, 0) is 22.3 Å². The van der Waals surface area contributed by atoms with Gasteiger partial charge in [-0.05, 0) is 43.0 Å². The minimum Gasteiger partial charge on any atom is -0.487 e. The highest BCUT2D eigenvalue weighted by Crippen LogP contribution is 2.36. The molecule has 1 N–H and O–H groups in total. The molecule has 0 aliphatic heterocycles. The molecule has 0 atom stereocenters. The lowest BCUT2D eigenvalue weighted by Crippen LogP contribution is -2.50. The molecule has 3 rings (SSSR count). The molecule has 0 unspecified atom stereocenters. The van der Waals surface area contributed by atoms with E-state index < -0.39 is 29.2 Å². The van der Waals surface area contributed by atoms with E-state index in [1.807, 2.05) is 12.1 Å². The first-order chi connectivity index (χ1) is 15.4. The average molecular weight is 524 g/mol.